The highest BCUT2D eigenvalue weighted by Gasteiger charge is 2.26. The number of benzene rings is 3. The van der Waals surface area contributed by atoms with E-state index in [9.17, 15) is 4.79 Å². The molecule has 6 heteroatoms. The third-order valence-electron chi connectivity index (χ3n) is 5.81. The minimum Gasteiger partial charge on any atom is -0.497 e. The maximum atomic E-state index is 13.7. The second-order valence-electron chi connectivity index (χ2n) is 7.75. The first-order valence-electron chi connectivity index (χ1n) is 10.5. The van der Waals surface area contributed by atoms with Crippen molar-refractivity contribution in [3.05, 3.63) is 101 Å². The second kappa shape index (κ2) is 8.52. The number of hydrogen-bond acceptors (Lipinski definition) is 3. The third-order valence-corrected chi connectivity index (χ3v) is 6.14. The molecule has 2 heterocycles. The lowest BCUT2D eigenvalue weighted by Gasteiger charge is -2.29. The minimum absolute atomic E-state index is 0.0545. The Bertz CT molecular complexity index is 1280. The van der Waals surface area contributed by atoms with Crippen LogP contribution in [0.2, 0.25) is 5.02 Å². The van der Waals surface area contributed by atoms with Gasteiger partial charge < -0.3 is 9.64 Å². The van der Waals surface area contributed by atoms with Gasteiger partial charge in [-0.1, -0.05) is 54.1 Å². The molecule has 0 radical (unpaired) electrons. The first-order chi connectivity index (χ1) is 15.6. The number of fused-ring (bicyclic) bond motifs is 1. The lowest BCUT2D eigenvalue weighted by Crippen LogP contribution is -2.37. The zero-order valence-corrected chi connectivity index (χ0v) is 18.4. The average Bonchev–Trinajstić information content (AvgIpc) is 3.29. The fraction of sp³-hybridized carbons (Fsp3) is 0.154. The molecule has 0 fully saturated rings. The van der Waals surface area contributed by atoms with Gasteiger partial charge in [0.05, 0.1) is 23.5 Å². The van der Waals surface area contributed by atoms with Crippen molar-refractivity contribution < 1.29 is 9.53 Å². The van der Waals surface area contributed by atoms with Crippen LogP contribution in [-0.4, -0.2) is 34.2 Å². The smallest absolute Gasteiger partial charge is 0.272 e. The van der Waals surface area contributed by atoms with Crippen LogP contribution in [0.5, 0.6) is 5.75 Å². The molecule has 0 unspecified atom stereocenters. The average molecular weight is 444 g/mol. The molecule has 1 aromatic heterocycles. The standard InChI is InChI=1S/C26H22ClN3O2/c1-32-21-12-10-20(11-13-21)30-25(16-24(28-30)22-8-4-5-9-23(22)27)26(31)29-15-14-18-6-2-3-7-19(18)17-29/h2-13,16H,14-15,17H2,1H3. The first kappa shape index (κ1) is 20.3. The predicted octanol–water partition coefficient (Wildman–Crippen LogP) is 5.40. The van der Waals surface area contributed by atoms with Gasteiger partial charge in [0, 0.05) is 18.7 Å². The quantitative estimate of drug-likeness (QED) is 0.424. The third kappa shape index (κ3) is 3.76. The van der Waals surface area contributed by atoms with E-state index in [2.05, 4.69) is 12.1 Å². The maximum absolute atomic E-state index is 13.7. The Labute approximate surface area is 191 Å². The van der Waals surface area contributed by atoms with Crippen molar-refractivity contribution in [3.63, 3.8) is 0 Å². The molecule has 4 aromatic rings. The van der Waals surface area contributed by atoms with Crippen molar-refractivity contribution in [3.8, 4) is 22.7 Å². The Kier molecular flexibility index (Phi) is 5.41. The van der Waals surface area contributed by atoms with Crippen LogP contribution in [0.25, 0.3) is 16.9 Å². The minimum atomic E-state index is -0.0545. The number of amides is 1. The molecule has 0 saturated heterocycles. The number of ether oxygens (including phenoxy) is 1. The SMILES string of the molecule is COc1ccc(-n2nc(-c3ccccc3Cl)cc2C(=O)N2CCc3ccccc3C2)cc1. The summed E-state index contributed by atoms with van der Waals surface area (Å²) in [6, 6.07) is 25.1. The van der Waals surface area contributed by atoms with Crippen LogP contribution in [0.3, 0.4) is 0 Å². The van der Waals surface area contributed by atoms with E-state index in [0.717, 1.165) is 23.4 Å². The Balaban J connectivity index is 1.57. The van der Waals surface area contributed by atoms with E-state index in [1.54, 1.807) is 11.8 Å². The fourth-order valence-corrected chi connectivity index (χ4v) is 4.32. The topological polar surface area (TPSA) is 47.4 Å². The van der Waals surface area contributed by atoms with Crippen LogP contribution in [0, 0.1) is 0 Å². The highest BCUT2D eigenvalue weighted by molar-refractivity contribution is 6.33. The predicted molar refractivity (Wildman–Crippen MR) is 125 cm³/mol. The van der Waals surface area contributed by atoms with Gasteiger partial charge in [0.2, 0.25) is 0 Å². The Hall–Kier alpha value is -3.57. The van der Waals surface area contributed by atoms with E-state index in [1.807, 2.05) is 71.6 Å². The number of carbonyl (C=O) groups is 1. The summed E-state index contributed by atoms with van der Waals surface area (Å²) in [5.74, 6) is 0.689. The van der Waals surface area contributed by atoms with Crippen molar-refractivity contribution >= 4 is 17.5 Å². The van der Waals surface area contributed by atoms with E-state index in [4.69, 9.17) is 21.4 Å². The zero-order chi connectivity index (χ0) is 22.1. The van der Waals surface area contributed by atoms with Gasteiger partial charge in [0.25, 0.3) is 5.91 Å². The van der Waals surface area contributed by atoms with E-state index in [1.165, 1.54) is 11.1 Å². The van der Waals surface area contributed by atoms with Crippen LogP contribution >= 0.6 is 11.6 Å². The molecule has 1 amide bonds. The number of hydrogen-bond donors (Lipinski definition) is 0. The molecule has 0 spiro atoms. The van der Waals surface area contributed by atoms with Gasteiger partial charge in [0.1, 0.15) is 11.4 Å². The number of aromatic nitrogens is 2. The van der Waals surface area contributed by atoms with Crippen LogP contribution in [0.1, 0.15) is 21.6 Å². The molecule has 0 aliphatic carbocycles. The zero-order valence-electron chi connectivity index (χ0n) is 17.7. The first-order valence-corrected chi connectivity index (χ1v) is 10.9. The summed E-state index contributed by atoms with van der Waals surface area (Å²) in [5.41, 5.74) is 5.23. The normalized spacial score (nSPS) is 13.0. The summed E-state index contributed by atoms with van der Waals surface area (Å²) in [5, 5.41) is 5.37. The fourth-order valence-electron chi connectivity index (χ4n) is 4.09. The summed E-state index contributed by atoms with van der Waals surface area (Å²) in [6.07, 6.45) is 0.843. The van der Waals surface area contributed by atoms with Crippen LogP contribution in [0.15, 0.2) is 78.9 Å². The van der Waals surface area contributed by atoms with Gasteiger partial charge in [0.15, 0.2) is 0 Å². The van der Waals surface area contributed by atoms with Gasteiger partial charge in [-0.2, -0.15) is 5.10 Å². The number of carbonyl (C=O) groups excluding carboxylic acids is 1. The Morgan fingerprint density at radius 2 is 1.69 bits per heavy atom. The van der Waals surface area contributed by atoms with Crippen molar-refractivity contribution in [2.75, 3.05) is 13.7 Å². The van der Waals surface area contributed by atoms with Crippen LogP contribution in [-0.2, 0) is 13.0 Å². The Morgan fingerprint density at radius 3 is 2.44 bits per heavy atom. The molecule has 160 valence electrons. The molecule has 0 bridgehead atoms. The lowest BCUT2D eigenvalue weighted by atomic mass is 9.99. The Morgan fingerprint density at radius 1 is 0.969 bits per heavy atom. The van der Waals surface area contributed by atoms with Gasteiger partial charge in [-0.05, 0) is 53.9 Å². The van der Waals surface area contributed by atoms with Crippen molar-refractivity contribution in [1.82, 2.24) is 14.7 Å². The summed E-state index contributed by atoms with van der Waals surface area (Å²) in [4.78, 5) is 15.5. The highest BCUT2D eigenvalue weighted by Crippen LogP contribution is 2.30. The molecular weight excluding hydrogens is 422 g/mol. The van der Waals surface area contributed by atoms with E-state index in [-0.39, 0.29) is 5.91 Å². The largest absolute Gasteiger partial charge is 0.497 e. The second-order valence-corrected chi connectivity index (χ2v) is 8.16. The summed E-state index contributed by atoms with van der Waals surface area (Å²) >= 11 is 6.43. The van der Waals surface area contributed by atoms with Crippen molar-refractivity contribution in [2.45, 2.75) is 13.0 Å². The van der Waals surface area contributed by atoms with Gasteiger partial charge in [-0.25, -0.2) is 4.68 Å². The van der Waals surface area contributed by atoms with E-state index in [0.29, 0.717) is 29.5 Å². The summed E-state index contributed by atoms with van der Waals surface area (Å²) < 4.78 is 6.97. The molecule has 1 aliphatic rings. The van der Waals surface area contributed by atoms with Gasteiger partial charge in [-0.15, -0.1) is 0 Å². The molecule has 0 saturated carbocycles. The van der Waals surface area contributed by atoms with Crippen molar-refractivity contribution in [1.29, 1.82) is 0 Å². The maximum Gasteiger partial charge on any atom is 0.272 e. The number of nitrogens with zero attached hydrogens (tertiary/aromatic N) is 3. The van der Waals surface area contributed by atoms with E-state index >= 15 is 0 Å². The molecule has 5 nitrogen and oxygen atoms in total. The van der Waals surface area contributed by atoms with Crippen molar-refractivity contribution in [2.24, 2.45) is 0 Å². The number of halogens is 1. The molecular formula is C26H22ClN3O2. The number of rotatable bonds is 4. The molecule has 32 heavy (non-hydrogen) atoms. The molecule has 5 rings (SSSR count). The molecule has 0 atom stereocenters. The van der Waals surface area contributed by atoms with Gasteiger partial charge in [-0.3, -0.25) is 4.79 Å². The lowest BCUT2D eigenvalue weighted by molar-refractivity contribution is 0.0725. The molecule has 0 N–H and O–H groups in total. The molecule has 3 aromatic carbocycles. The molecule has 1 aliphatic heterocycles. The monoisotopic (exact) mass is 443 g/mol. The van der Waals surface area contributed by atoms with Gasteiger partial charge >= 0.3 is 0 Å². The highest BCUT2D eigenvalue weighted by atomic mass is 35.5. The number of methoxy groups -OCH3 is 1. The van der Waals surface area contributed by atoms with Crippen LogP contribution < -0.4 is 4.74 Å². The summed E-state index contributed by atoms with van der Waals surface area (Å²) in [6.45, 7) is 1.26. The summed E-state index contributed by atoms with van der Waals surface area (Å²) in [7, 11) is 1.63. The van der Waals surface area contributed by atoms with Crippen LogP contribution in [0.4, 0.5) is 0 Å². The van der Waals surface area contributed by atoms with E-state index < -0.39 is 0 Å².